The number of rotatable bonds is 6. The largest absolute Gasteiger partial charge is 0.465 e. The Morgan fingerprint density at radius 3 is 2.71 bits per heavy atom. The first-order valence-corrected chi connectivity index (χ1v) is 15.4. The zero-order chi connectivity index (χ0) is 29.1. The smallest absolute Gasteiger partial charge is 0.205 e. The molecule has 8 rings (SSSR count). The summed E-state index contributed by atoms with van der Waals surface area (Å²) < 4.78 is 19.5. The summed E-state index contributed by atoms with van der Waals surface area (Å²) in [5.74, 6) is 1.16. The van der Waals surface area contributed by atoms with Gasteiger partial charge in [0.25, 0.3) is 0 Å². The van der Waals surface area contributed by atoms with Gasteiger partial charge in [-0.3, -0.25) is 10.4 Å². The number of fused-ring (bicyclic) bond motifs is 3. The van der Waals surface area contributed by atoms with Gasteiger partial charge < -0.3 is 14.2 Å². The van der Waals surface area contributed by atoms with Crippen LogP contribution in [0.15, 0.2) is 53.6 Å². The van der Waals surface area contributed by atoms with Crippen molar-refractivity contribution < 1.29 is 24.0 Å². The third-order valence-electron chi connectivity index (χ3n) is 10.1. The standard InChI is InChI=1S/C34H41N3O5/c1-6-24-8-7-9-26-29(18-21(3)36-30(24)26)37-35-19-23-11-13-25(14-12-23)38-31-22(4)28-15-10-20(2)27-16-17-33(5)40-32(39-31)34(27,28)42-41-33/h7-9,11-14,18-20,22,27-28,31-32H,6,10,15-17H2,1-5H3,(H,36,37)/b35-19+/t20-,22-,27+,28+,31+,32-,33-,34-/m1/s1. The van der Waals surface area contributed by atoms with Crippen LogP contribution >= 0.6 is 0 Å². The molecule has 4 aliphatic heterocycles. The molecule has 1 aliphatic carbocycles. The molecule has 2 bridgehead atoms. The number of pyridine rings is 1. The number of aromatic nitrogens is 1. The highest BCUT2D eigenvalue weighted by atomic mass is 17.3. The fraction of sp³-hybridized carbons (Fsp3) is 0.529. The summed E-state index contributed by atoms with van der Waals surface area (Å²) in [5, 5.41) is 5.60. The van der Waals surface area contributed by atoms with Gasteiger partial charge in [-0.05, 0) is 92.8 Å². The molecule has 5 aliphatic rings. The lowest BCUT2D eigenvalue weighted by Gasteiger charge is -2.60. The second-order valence-corrected chi connectivity index (χ2v) is 12.8. The van der Waals surface area contributed by atoms with E-state index < -0.39 is 24.0 Å². The number of aryl methyl sites for hydroxylation is 2. The predicted molar refractivity (Wildman–Crippen MR) is 161 cm³/mol. The Kier molecular flexibility index (Phi) is 7.01. The SMILES string of the molecule is CCc1cccc2c(N/N=C/c3ccc(O[C@H]4O[C@@H]5O[C@@]6(C)CC[C@H]7[C@H](C)CC[C@@H]([C@H]4C)[C@@]57OO6)cc3)cc(C)nc12. The first kappa shape index (κ1) is 27.8. The summed E-state index contributed by atoms with van der Waals surface area (Å²) >= 11 is 0. The molecule has 0 unspecified atom stereocenters. The monoisotopic (exact) mass is 571 g/mol. The van der Waals surface area contributed by atoms with E-state index in [2.05, 4.69) is 49.5 Å². The van der Waals surface area contributed by atoms with Crippen LogP contribution in [0.1, 0.15) is 70.2 Å². The number of hydrazone groups is 1. The highest BCUT2D eigenvalue weighted by molar-refractivity contribution is 5.94. The van der Waals surface area contributed by atoms with Crippen LogP contribution < -0.4 is 10.2 Å². The average Bonchev–Trinajstić information content (AvgIpc) is 3.22. The maximum atomic E-state index is 6.58. The molecule has 8 heteroatoms. The molecule has 5 fully saturated rings. The number of nitrogens with zero attached hydrogens (tertiary/aromatic N) is 2. The molecule has 1 saturated carbocycles. The fourth-order valence-corrected chi connectivity index (χ4v) is 7.76. The van der Waals surface area contributed by atoms with E-state index in [1.54, 1.807) is 0 Å². The van der Waals surface area contributed by atoms with Crippen molar-refractivity contribution in [2.75, 3.05) is 5.43 Å². The van der Waals surface area contributed by atoms with Crippen molar-refractivity contribution in [3.63, 3.8) is 0 Å². The van der Waals surface area contributed by atoms with E-state index in [0.29, 0.717) is 11.8 Å². The van der Waals surface area contributed by atoms with Gasteiger partial charge in [0.15, 0.2) is 11.9 Å². The van der Waals surface area contributed by atoms with Crippen molar-refractivity contribution in [3.8, 4) is 5.75 Å². The van der Waals surface area contributed by atoms with Gasteiger partial charge in [-0.15, -0.1) is 0 Å². The van der Waals surface area contributed by atoms with Gasteiger partial charge in [-0.25, -0.2) is 9.78 Å². The zero-order valence-corrected chi connectivity index (χ0v) is 25.1. The van der Waals surface area contributed by atoms with Crippen LogP contribution in [0.4, 0.5) is 5.69 Å². The van der Waals surface area contributed by atoms with Crippen molar-refractivity contribution in [3.05, 3.63) is 65.4 Å². The summed E-state index contributed by atoms with van der Waals surface area (Å²) in [7, 11) is 0. The fourth-order valence-electron chi connectivity index (χ4n) is 7.76. The summed E-state index contributed by atoms with van der Waals surface area (Å²) in [5.41, 5.74) is 7.77. The molecule has 222 valence electrons. The predicted octanol–water partition coefficient (Wildman–Crippen LogP) is 7.14. The van der Waals surface area contributed by atoms with Gasteiger partial charge in [0.1, 0.15) is 5.75 Å². The maximum Gasteiger partial charge on any atom is 0.205 e. The van der Waals surface area contributed by atoms with Crippen LogP contribution in [-0.4, -0.2) is 35.2 Å². The number of hydrogen-bond acceptors (Lipinski definition) is 8. The zero-order valence-electron chi connectivity index (χ0n) is 25.1. The van der Waals surface area contributed by atoms with Crippen LogP contribution in [-0.2, 0) is 25.7 Å². The molecule has 8 atom stereocenters. The Morgan fingerprint density at radius 1 is 1.07 bits per heavy atom. The van der Waals surface area contributed by atoms with Crippen LogP contribution in [0.2, 0.25) is 0 Å². The van der Waals surface area contributed by atoms with Crippen LogP contribution in [0.5, 0.6) is 5.75 Å². The van der Waals surface area contributed by atoms with Gasteiger partial charge in [0, 0.05) is 29.3 Å². The second kappa shape index (κ2) is 10.6. The molecule has 1 aromatic heterocycles. The summed E-state index contributed by atoms with van der Waals surface area (Å²) in [4.78, 5) is 16.9. The van der Waals surface area contributed by atoms with Crippen molar-refractivity contribution in [2.45, 2.75) is 90.7 Å². The second-order valence-electron chi connectivity index (χ2n) is 12.8. The Labute approximate surface area is 247 Å². The third kappa shape index (κ3) is 4.60. The number of nitrogens with one attached hydrogen (secondary N) is 1. The van der Waals surface area contributed by atoms with E-state index in [4.69, 9.17) is 29.0 Å². The molecule has 0 amide bonds. The van der Waals surface area contributed by atoms with Crippen LogP contribution in [0.25, 0.3) is 10.9 Å². The Balaban J connectivity index is 1.05. The minimum Gasteiger partial charge on any atom is -0.465 e. The normalized spacial score (nSPS) is 35.6. The number of anilines is 1. The molecule has 4 saturated heterocycles. The van der Waals surface area contributed by atoms with E-state index in [-0.39, 0.29) is 11.8 Å². The molecule has 0 radical (unpaired) electrons. The van der Waals surface area contributed by atoms with Gasteiger partial charge in [-0.2, -0.15) is 5.10 Å². The quantitative estimate of drug-likeness (QED) is 0.191. The molecule has 42 heavy (non-hydrogen) atoms. The van der Waals surface area contributed by atoms with Crippen molar-refractivity contribution in [2.24, 2.45) is 28.8 Å². The summed E-state index contributed by atoms with van der Waals surface area (Å²) in [6.45, 7) is 10.6. The molecule has 3 aromatic rings. The lowest BCUT2D eigenvalue weighted by Crippen LogP contribution is -2.70. The van der Waals surface area contributed by atoms with Crippen LogP contribution in [0, 0.1) is 30.6 Å². The highest BCUT2D eigenvalue weighted by Crippen LogP contribution is 2.60. The van der Waals surface area contributed by atoms with Gasteiger partial charge in [0.05, 0.1) is 17.4 Å². The summed E-state index contributed by atoms with van der Waals surface area (Å²) in [6, 6.07) is 16.3. The van der Waals surface area contributed by atoms with Crippen molar-refractivity contribution in [1.29, 1.82) is 0 Å². The highest BCUT2D eigenvalue weighted by Gasteiger charge is 2.69. The Morgan fingerprint density at radius 2 is 1.90 bits per heavy atom. The maximum absolute atomic E-state index is 6.58. The molecule has 2 aromatic carbocycles. The number of benzene rings is 2. The lowest BCUT2D eigenvalue weighted by atomic mass is 9.58. The molecule has 8 nitrogen and oxygen atoms in total. The topological polar surface area (TPSA) is 83.4 Å². The van der Waals surface area contributed by atoms with Gasteiger partial charge in [0.2, 0.25) is 12.1 Å². The van der Waals surface area contributed by atoms with Gasteiger partial charge >= 0.3 is 0 Å². The first-order chi connectivity index (χ1) is 20.3. The van der Waals surface area contributed by atoms with E-state index in [1.807, 2.05) is 50.4 Å². The number of ether oxygens (including phenoxy) is 3. The third-order valence-corrected chi connectivity index (χ3v) is 10.1. The van der Waals surface area contributed by atoms with Gasteiger partial charge in [-0.1, -0.05) is 39.0 Å². The molecular weight excluding hydrogens is 530 g/mol. The Hall–Kier alpha value is -3.04. The molecular formula is C34H41N3O5. The van der Waals surface area contributed by atoms with E-state index in [0.717, 1.165) is 65.7 Å². The molecule has 1 spiro atoms. The van der Waals surface area contributed by atoms with E-state index in [9.17, 15) is 0 Å². The van der Waals surface area contributed by atoms with E-state index >= 15 is 0 Å². The summed E-state index contributed by atoms with van der Waals surface area (Å²) in [6.07, 6.45) is 5.81. The minimum absolute atomic E-state index is 0.114. The van der Waals surface area contributed by atoms with E-state index in [1.165, 1.54) is 5.56 Å². The Bertz CT molecular complexity index is 1490. The minimum atomic E-state index is -0.794. The molecule has 5 heterocycles. The average molecular weight is 572 g/mol. The van der Waals surface area contributed by atoms with Crippen LogP contribution in [0.3, 0.4) is 0 Å². The van der Waals surface area contributed by atoms with Crippen molar-refractivity contribution in [1.82, 2.24) is 4.98 Å². The lowest BCUT2D eigenvalue weighted by molar-refractivity contribution is -0.575. The first-order valence-electron chi connectivity index (χ1n) is 15.4. The molecule has 1 N–H and O–H groups in total. The number of para-hydroxylation sites is 1. The number of hydrogen-bond donors (Lipinski definition) is 1. The van der Waals surface area contributed by atoms with Crippen molar-refractivity contribution >= 4 is 22.8 Å².